The molecule has 2 aliphatic heterocycles. The second-order valence-electron chi connectivity index (χ2n) is 5.77. The molecule has 0 unspecified atom stereocenters. The lowest BCUT2D eigenvalue weighted by atomic mass is 10.2. The minimum atomic E-state index is -3.56. The second kappa shape index (κ2) is 8.15. The van der Waals surface area contributed by atoms with Crippen LogP contribution in [0, 0.1) is 0 Å². The standard InChI is InChI=1S/C16H23NO6S/c18-24(19,14-4-5-15-16(11-14)23-10-9-22-15)17-6-2-7-20-12-13-3-1-8-21-13/h4-5,11,13,17H,1-3,6-10,12H2/t13-/m1/s1. The van der Waals surface area contributed by atoms with E-state index < -0.39 is 10.0 Å². The van der Waals surface area contributed by atoms with E-state index in [1.54, 1.807) is 6.07 Å². The maximum absolute atomic E-state index is 12.3. The van der Waals surface area contributed by atoms with Crippen molar-refractivity contribution in [2.45, 2.75) is 30.3 Å². The van der Waals surface area contributed by atoms with Crippen molar-refractivity contribution in [1.29, 1.82) is 0 Å². The zero-order chi connectivity index (χ0) is 16.8. The fourth-order valence-electron chi connectivity index (χ4n) is 2.65. The summed E-state index contributed by atoms with van der Waals surface area (Å²) in [4.78, 5) is 0.173. The van der Waals surface area contributed by atoms with Gasteiger partial charge in [-0.25, -0.2) is 13.1 Å². The molecule has 1 fully saturated rings. The minimum Gasteiger partial charge on any atom is -0.486 e. The lowest BCUT2D eigenvalue weighted by molar-refractivity contribution is 0.0169. The first-order chi connectivity index (χ1) is 11.6. The quantitative estimate of drug-likeness (QED) is 0.707. The first kappa shape index (κ1) is 17.5. The number of benzene rings is 1. The number of hydrogen-bond acceptors (Lipinski definition) is 6. The molecule has 8 heteroatoms. The molecule has 134 valence electrons. The van der Waals surface area contributed by atoms with Crippen molar-refractivity contribution in [3.63, 3.8) is 0 Å². The molecule has 0 bridgehead atoms. The van der Waals surface area contributed by atoms with E-state index in [1.165, 1.54) is 12.1 Å². The number of nitrogens with one attached hydrogen (secondary N) is 1. The molecule has 7 nitrogen and oxygen atoms in total. The third kappa shape index (κ3) is 4.60. The number of rotatable bonds is 8. The fraction of sp³-hybridized carbons (Fsp3) is 0.625. The van der Waals surface area contributed by atoms with Crippen LogP contribution in [0.3, 0.4) is 0 Å². The Morgan fingerprint density at radius 3 is 2.79 bits per heavy atom. The molecule has 1 saturated heterocycles. The monoisotopic (exact) mass is 357 g/mol. The highest BCUT2D eigenvalue weighted by atomic mass is 32.2. The molecule has 2 aliphatic rings. The van der Waals surface area contributed by atoms with Crippen LogP contribution in [-0.2, 0) is 19.5 Å². The lowest BCUT2D eigenvalue weighted by Crippen LogP contribution is -2.26. The molecule has 2 heterocycles. The maximum Gasteiger partial charge on any atom is 0.240 e. The van der Waals surface area contributed by atoms with E-state index in [0.717, 1.165) is 19.4 Å². The SMILES string of the molecule is O=S(=O)(NCCCOC[C@H]1CCCO1)c1ccc2c(c1)OCCO2. The molecule has 0 saturated carbocycles. The van der Waals surface area contributed by atoms with Gasteiger partial charge in [0.15, 0.2) is 11.5 Å². The molecule has 3 rings (SSSR count). The van der Waals surface area contributed by atoms with Gasteiger partial charge in [-0.2, -0.15) is 0 Å². The van der Waals surface area contributed by atoms with Gasteiger partial charge in [-0.05, 0) is 31.4 Å². The summed E-state index contributed by atoms with van der Waals surface area (Å²) in [5.41, 5.74) is 0. The van der Waals surface area contributed by atoms with Crippen LogP contribution in [0.25, 0.3) is 0 Å². The van der Waals surface area contributed by atoms with Crippen LogP contribution in [0.1, 0.15) is 19.3 Å². The Morgan fingerprint density at radius 1 is 1.17 bits per heavy atom. The summed E-state index contributed by atoms with van der Waals surface area (Å²) < 4.78 is 48.9. The van der Waals surface area contributed by atoms with Gasteiger partial charge in [-0.3, -0.25) is 0 Å². The first-order valence-electron chi connectivity index (χ1n) is 8.24. The summed E-state index contributed by atoms with van der Waals surface area (Å²) in [5, 5.41) is 0. The number of fused-ring (bicyclic) bond motifs is 1. The molecule has 1 aromatic carbocycles. The van der Waals surface area contributed by atoms with Crippen LogP contribution in [0.5, 0.6) is 11.5 Å². The highest BCUT2D eigenvalue weighted by Gasteiger charge is 2.19. The molecule has 1 N–H and O–H groups in total. The normalized spacial score (nSPS) is 20.2. The number of hydrogen-bond donors (Lipinski definition) is 1. The number of ether oxygens (including phenoxy) is 4. The Balaban J connectivity index is 1.42. The molecule has 0 radical (unpaired) electrons. The van der Waals surface area contributed by atoms with Gasteiger partial charge in [-0.15, -0.1) is 0 Å². The molecule has 0 aromatic heterocycles. The van der Waals surface area contributed by atoms with Gasteiger partial charge < -0.3 is 18.9 Å². The van der Waals surface area contributed by atoms with E-state index in [2.05, 4.69) is 4.72 Å². The Kier molecular flexibility index (Phi) is 5.94. The summed E-state index contributed by atoms with van der Waals surface area (Å²) >= 11 is 0. The van der Waals surface area contributed by atoms with Crippen LogP contribution in [-0.4, -0.2) is 54.1 Å². The van der Waals surface area contributed by atoms with Gasteiger partial charge in [0.2, 0.25) is 10.0 Å². The van der Waals surface area contributed by atoms with Crippen LogP contribution < -0.4 is 14.2 Å². The topological polar surface area (TPSA) is 83.1 Å². The van der Waals surface area contributed by atoms with Gasteiger partial charge in [0.25, 0.3) is 0 Å². The highest BCUT2D eigenvalue weighted by Crippen LogP contribution is 2.32. The average molecular weight is 357 g/mol. The van der Waals surface area contributed by atoms with Crippen LogP contribution in [0.2, 0.25) is 0 Å². The maximum atomic E-state index is 12.3. The third-order valence-corrected chi connectivity index (χ3v) is 5.37. The average Bonchev–Trinajstić information content (AvgIpc) is 3.11. The fourth-order valence-corrected chi connectivity index (χ4v) is 3.73. The van der Waals surface area contributed by atoms with Gasteiger partial charge in [-0.1, -0.05) is 0 Å². The zero-order valence-electron chi connectivity index (χ0n) is 13.5. The Morgan fingerprint density at radius 2 is 2.00 bits per heavy atom. The predicted molar refractivity (Wildman–Crippen MR) is 87.0 cm³/mol. The molecular weight excluding hydrogens is 334 g/mol. The Bertz CT molecular complexity index is 642. The largest absolute Gasteiger partial charge is 0.486 e. The van der Waals surface area contributed by atoms with E-state index in [9.17, 15) is 8.42 Å². The minimum absolute atomic E-state index is 0.173. The van der Waals surface area contributed by atoms with E-state index >= 15 is 0 Å². The van der Waals surface area contributed by atoms with Gasteiger partial charge >= 0.3 is 0 Å². The van der Waals surface area contributed by atoms with Crippen molar-refractivity contribution < 1.29 is 27.4 Å². The Hall–Kier alpha value is -1.35. The molecule has 0 aliphatic carbocycles. The van der Waals surface area contributed by atoms with Crippen LogP contribution in [0.4, 0.5) is 0 Å². The van der Waals surface area contributed by atoms with E-state index in [1.807, 2.05) is 0 Å². The van der Waals surface area contributed by atoms with E-state index in [0.29, 0.717) is 50.9 Å². The smallest absolute Gasteiger partial charge is 0.240 e. The molecule has 1 atom stereocenters. The van der Waals surface area contributed by atoms with Crippen LogP contribution in [0.15, 0.2) is 23.1 Å². The number of sulfonamides is 1. The molecule has 0 spiro atoms. The van der Waals surface area contributed by atoms with Gasteiger partial charge in [0, 0.05) is 25.8 Å². The van der Waals surface area contributed by atoms with Crippen molar-refractivity contribution in [1.82, 2.24) is 4.72 Å². The highest BCUT2D eigenvalue weighted by molar-refractivity contribution is 7.89. The predicted octanol–water partition coefficient (Wildman–Crippen LogP) is 1.32. The molecule has 24 heavy (non-hydrogen) atoms. The summed E-state index contributed by atoms with van der Waals surface area (Å²) in [6, 6.07) is 4.63. The third-order valence-electron chi connectivity index (χ3n) is 3.91. The van der Waals surface area contributed by atoms with Crippen molar-refractivity contribution in [3.05, 3.63) is 18.2 Å². The van der Waals surface area contributed by atoms with Crippen molar-refractivity contribution in [2.24, 2.45) is 0 Å². The Labute approximate surface area is 142 Å². The van der Waals surface area contributed by atoms with Crippen LogP contribution >= 0.6 is 0 Å². The lowest BCUT2D eigenvalue weighted by Gasteiger charge is -2.19. The van der Waals surface area contributed by atoms with Gasteiger partial charge in [0.1, 0.15) is 13.2 Å². The second-order valence-corrected chi connectivity index (χ2v) is 7.53. The van der Waals surface area contributed by atoms with E-state index in [4.69, 9.17) is 18.9 Å². The van der Waals surface area contributed by atoms with Crippen molar-refractivity contribution >= 4 is 10.0 Å². The van der Waals surface area contributed by atoms with Crippen molar-refractivity contribution in [2.75, 3.05) is 39.6 Å². The van der Waals surface area contributed by atoms with Crippen molar-refractivity contribution in [3.8, 4) is 11.5 Å². The molecule has 1 aromatic rings. The summed E-state index contributed by atoms with van der Waals surface area (Å²) in [6.07, 6.45) is 2.93. The zero-order valence-corrected chi connectivity index (χ0v) is 14.3. The summed E-state index contributed by atoms with van der Waals surface area (Å²) in [5.74, 6) is 1.03. The molecule has 0 amide bonds. The summed E-state index contributed by atoms with van der Waals surface area (Å²) in [7, 11) is -3.56. The first-order valence-corrected chi connectivity index (χ1v) is 9.72. The summed E-state index contributed by atoms with van der Waals surface area (Å²) in [6.45, 7) is 3.11. The van der Waals surface area contributed by atoms with Gasteiger partial charge in [0.05, 0.1) is 17.6 Å². The van der Waals surface area contributed by atoms with E-state index in [-0.39, 0.29) is 11.0 Å². The molecular formula is C16H23NO6S.